The molecular weight excluding hydrogens is 463 g/mol. The number of nitrogens with zero attached hydrogens (tertiary/aromatic N) is 6. The Morgan fingerprint density at radius 1 is 0.971 bits per heavy atom. The first-order valence-corrected chi connectivity index (χ1v) is 12.2. The number of nitrogens with one attached hydrogen (secondary N) is 1. The topological polar surface area (TPSA) is 100 Å². The average molecular weight is 490 g/mol. The van der Waals surface area contributed by atoms with E-state index in [9.17, 15) is 18.0 Å². The minimum absolute atomic E-state index is 0.0642. The van der Waals surface area contributed by atoms with Crippen LogP contribution in [0.3, 0.4) is 0 Å². The third-order valence-electron chi connectivity index (χ3n) is 8.38. The fourth-order valence-electron chi connectivity index (χ4n) is 6.38. The third kappa shape index (κ3) is 3.63. The van der Waals surface area contributed by atoms with Crippen LogP contribution >= 0.6 is 0 Å². The molecule has 9 nitrogen and oxygen atoms in total. The van der Waals surface area contributed by atoms with Gasteiger partial charge in [0.15, 0.2) is 11.5 Å². The lowest BCUT2D eigenvalue weighted by atomic mass is 9.57. The van der Waals surface area contributed by atoms with Gasteiger partial charge >= 0.3 is 12.2 Å². The summed E-state index contributed by atoms with van der Waals surface area (Å²) in [5, 5.41) is 7.51. The molecule has 12 heteroatoms. The van der Waals surface area contributed by atoms with Gasteiger partial charge in [-0.15, -0.1) is 0 Å². The number of alkyl halides is 3. The van der Waals surface area contributed by atoms with Crippen molar-refractivity contribution in [1.82, 2.24) is 34.9 Å². The van der Waals surface area contributed by atoms with E-state index in [2.05, 4.69) is 25.1 Å². The molecule has 7 rings (SSSR count). The van der Waals surface area contributed by atoms with Crippen molar-refractivity contribution in [3.8, 4) is 5.88 Å². The molecule has 0 aromatic carbocycles. The van der Waals surface area contributed by atoms with Crippen molar-refractivity contribution in [2.24, 2.45) is 10.8 Å². The zero-order chi connectivity index (χ0) is 24.0. The fraction of sp³-hybridized carbons (Fsp3) is 0.696. The normalized spacial score (nSPS) is 25.1. The number of rotatable bonds is 4. The van der Waals surface area contributed by atoms with Gasteiger partial charge < -0.3 is 14.5 Å². The monoisotopic (exact) mass is 489 g/mol. The van der Waals surface area contributed by atoms with E-state index in [-0.39, 0.29) is 28.8 Å². The van der Waals surface area contributed by atoms with Crippen molar-refractivity contribution in [2.45, 2.75) is 62.6 Å². The van der Waals surface area contributed by atoms with Gasteiger partial charge in [0.1, 0.15) is 11.9 Å². The molecule has 35 heavy (non-hydrogen) atoms. The van der Waals surface area contributed by atoms with Crippen LogP contribution in [-0.2, 0) is 6.18 Å². The molecule has 2 spiro atoms. The summed E-state index contributed by atoms with van der Waals surface area (Å²) in [7, 11) is 0. The van der Waals surface area contributed by atoms with Crippen molar-refractivity contribution >= 4 is 6.03 Å². The van der Waals surface area contributed by atoms with Gasteiger partial charge in [-0.25, -0.2) is 19.7 Å². The van der Waals surface area contributed by atoms with Crippen molar-refractivity contribution in [3.05, 3.63) is 29.7 Å². The van der Waals surface area contributed by atoms with Gasteiger partial charge in [-0.1, -0.05) is 0 Å². The number of aromatic nitrogens is 5. The largest absolute Gasteiger partial charge is 0.473 e. The number of hydrogen-bond acceptors (Lipinski definition) is 6. The Labute approximate surface area is 199 Å². The first kappa shape index (κ1) is 21.4. The number of halogens is 3. The molecular formula is C23H26F3N7O2. The van der Waals surface area contributed by atoms with Crippen LogP contribution in [0.25, 0.3) is 0 Å². The Hall–Kier alpha value is -2.92. The summed E-state index contributed by atoms with van der Waals surface area (Å²) in [5.41, 5.74) is -0.732. The molecule has 0 atom stereocenters. The van der Waals surface area contributed by atoms with Crippen LogP contribution in [-0.4, -0.2) is 73.3 Å². The predicted molar refractivity (Wildman–Crippen MR) is 114 cm³/mol. The van der Waals surface area contributed by atoms with Gasteiger partial charge in [0.25, 0.3) is 0 Å². The smallest absolute Gasteiger partial charge is 0.434 e. The third-order valence-corrected chi connectivity index (χ3v) is 8.38. The van der Waals surface area contributed by atoms with Crippen LogP contribution in [0.5, 0.6) is 5.88 Å². The molecule has 186 valence electrons. The van der Waals surface area contributed by atoms with Crippen LogP contribution in [0.2, 0.25) is 0 Å². The molecule has 5 fully saturated rings. The van der Waals surface area contributed by atoms with E-state index in [1.165, 1.54) is 12.8 Å². The lowest BCUT2D eigenvalue weighted by molar-refractivity contribution is -0.141. The van der Waals surface area contributed by atoms with Crippen LogP contribution in [0.1, 0.15) is 67.7 Å². The Balaban J connectivity index is 0.840. The molecule has 3 saturated carbocycles. The molecule has 4 heterocycles. The number of likely N-dealkylation sites (tertiary alicyclic amines) is 2. The van der Waals surface area contributed by atoms with Crippen molar-refractivity contribution < 1.29 is 22.7 Å². The number of urea groups is 1. The highest BCUT2D eigenvalue weighted by Crippen LogP contribution is 2.56. The van der Waals surface area contributed by atoms with Gasteiger partial charge in [0.05, 0.1) is 12.4 Å². The first-order chi connectivity index (χ1) is 16.7. The van der Waals surface area contributed by atoms with E-state index < -0.39 is 11.9 Å². The Morgan fingerprint density at radius 3 is 2.20 bits per heavy atom. The Kier molecular flexibility index (Phi) is 4.32. The summed E-state index contributed by atoms with van der Waals surface area (Å²) in [4.78, 5) is 28.5. The second-order valence-corrected chi connectivity index (χ2v) is 11.3. The predicted octanol–water partition coefficient (Wildman–Crippen LogP) is 3.33. The van der Waals surface area contributed by atoms with Gasteiger partial charge in [0, 0.05) is 48.8 Å². The van der Waals surface area contributed by atoms with Crippen LogP contribution in [0.4, 0.5) is 18.0 Å². The van der Waals surface area contributed by atoms with E-state index >= 15 is 0 Å². The highest BCUT2D eigenvalue weighted by Gasteiger charge is 2.59. The Morgan fingerprint density at radius 2 is 1.63 bits per heavy atom. The molecule has 0 unspecified atom stereocenters. The number of aromatic amines is 1. The molecule has 2 amide bonds. The van der Waals surface area contributed by atoms with E-state index in [1.807, 2.05) is 9.80 Å². The zero-order valence-corrected chi connectivity index (χ0v) is 19.1. The summed E-state index contributed by atoms with van der Waals surface area (Å²) >= 11 is 0. The maximum Gasteiger partial charge on any atom is 0.434 e. The van der Waals surface area contributed by atoms with Crippen molar-refractivity contribution in [2.75, 3.05) is 26.2 Å². The summed E-state index contributed by atoms with van der Waals surface area (Å²) < 4.78 is 43.5. The highest BCUT2D eigenvalue weighted by molar-refractivity contribution is 5.77. The first-order valence-electron chi connectivity index (χ1n) is 12.2. The van der Waals surface area contributed by atoms with Gasteiger partial charge in [-0.3, -0.25) is 5.10 Å². The summed E-state index contributed by atoms with van der Waals surface area (Å²) in [6, 6.07) is 0.108. The molecule has 2 aliphatic heterocycles. The minimum Gasteiger partial charge on any atom is -0.473 e. The second kappa shape index (κ2) is 7.07. The highest BCUT2D eigenvalue weighted by atomic mass is 19.4. The van der Waals surface area contributed by atoms with E-state index in [4.69, 9.17) is 4.74 Å². The SMILES string of the molecule is O=C(N1CC2(CC(Oc3cnc(C(F)(F)F)cn3)C2)C1)N1CC2(CC(c3n[nH]c(C4CC4)n3)C2)C1. The summed E-state index contributed by atoms with van der Waals surface area (Å²) in [6.07, 6.45) is 3.14. The Bertz CT molecular complexity index is 1130. The standard InChI is InChI=1S/C23H26F3N7O2/c24-23(25,26)16-7-28-17(8-27-16)35-15-5-22(6-15)11-33(12-22)20(34)32-9-21(10-32)3-14(4-21)19-29-18(30-31-19)13-1-2-13/h7-8,13-15H,1-6,9-12H2,(H,29,30,31). The quantitative estimate of drug-likeness (QED) is 0.707. The molecule has 0 bridgehead atoms. The molecule has 2 aromatic rings. The summed E-state index contributed by atoms with van der Waals surface area (Å²) in [5.74, 6) is 3.07. The maximum absolute atomic E-state index is 12.9. The minimum atomic E-state index is -4.51. The van der Waals surface area contributed by atoms with E-state index in [1.54, 1.807) is 0 Å². The number of carbonyl (C=O) groups excluding carboxylic acids is 1. The van der Waals surface area contributed by atoms with Gasteiger partial charge in [-0.05, 0) is 38.5 Å². The molecule has 1 N–H and O–H groups in total. The second-order valence-electron chi connectivity index (χ2n) is 11.3. The molecule has 2 saturated heterocycles. The lowest BCUT2D eigenvalue weighted by Crippen LogP contribution is -2.71. The number of hydrogen-bond donors (Lipinski definition) is 1. The van der Waals surface area contributed by atoms with Gasteiger partial charge in [0.2, 0.25) is 5.88 Å². The number of amides is 2. The van der Waals surface area contributed by atoms with Gasteiger partial charge in [-0.2, -0.15) is 18.3 Å². The molecule has 5 aliphatic rings. The number of ether oxygens (including phenoxy) is 1. The van der Waals surface area contributed by atoms with E-state index in [0.29, 0.717) is 31.1 Å². The number of H-pyrrole nitrogens is 1. The number of carbonyl (C=O) groups is 1. The molecule has 0 radical (unpaired) electrons. The molecule has 2 aromatic heterocycles. The van der Waals surface area contributed by atoms with Crippen molar-refractivity contribution in [1.29, 1.82) is 0 Å². The van der Waals surface area contributed by atoms with Crippen LogP contribution in [0.15, 0.2) is 12.4 Å². The molecule has 3 aliphatic carbocycles. The zero-order valence-electron chi connectivity index (χ0n) is 19.1. The lowest BCUT2D eigenvalue weighted by Gasteiger charge is -2.62. The van der Waals surface area contributed by atoms with Crippen LogP contribution in [0, 0.1) is 10.8 Å². The van der Waals surface area contributed by atoms with E-state index in [0.717, 1.165) is 56.6 Å². The van der Waals surface area contributed by atoms with Crippen molar-refractivity contribution in [3.63, 3.8) is 0 Å². The summed E-state index contributed by atoms with van der Waals surface area (Å²) in [6.45, 7) is 3.03. The fourth-order valence-corrected chi connectivity index (χ4v) is 6.38. The average Bonchev–Trinajstić information content (AvgIpc) is 3.44. The van der Waals surface area contributed by atoms with Crippen LogP contribution < -0.4 is 4.74 Å². The maximum atomic E-state index is 12.9.